The van der Waals surface area contributed by atoms with Crippen molar-refractivity contribution in [1.82, 2.24) is 10.2 Å². The summed E-state index contributed by atoms with van der Waals surface area (Å²) in [5.74, 6) is -1.48. The van der Waals surface area contributed by atoms with Gasteiger partial charge in [0.05, 0.1) is 6.04 Å². The minimum atomic E-state index is -1.02. The number of carboxylic acids is 1. The Bertz CT molecular complexity index is 1020. The molecule has 2 amide bonds. The molecule has 2 aromatic carbocycles. The van der Waals surface area contributed by atoms with Crippen LogP contribution in [0.5, 0.6) is 0 Å². The molecule has 0 saturated carbocycles. The predicted molar refractivity (Wildman–Crippen MR) is 114 cm³/mol. The molecular weight excluding hydrogens is 412 g/mol. The lowest BCUT2D eigenvalue weighted by Crippen LogP contribution is -2.60. The number of ether oxygens (including phenoxy) is 2. The summed E-state index contributed by atoms with van der Waals surface area (Å²) in [4.78, 5) is 37.8. The first-order valence-corrected chi connectivity index (χ1v) is 10.8. The monoisotopic (exact) mass is 436 g/mol. The number of benzene rings is 2. The Morgan fingerprint density at radius 2 is 1.69 bits per heavy atom. The van der Waals surface area contributed by atoms with Crippen molar-refractivity contribution in [2.75, 3.05) is 19.8 Å². The van der Waals surface area contributed by atoms with Crippen LogP contribution in [0.25, 0.3) is 11.1 Å². The second-order valence-corrected chi connectivity index (χ2v) is 8.33. The van der Waals surface area contributed by atoms with Gasteiger partial charge in [-0.25, -0.2) is 9.59 Å². The summed E-state index contributed by atoms with van der Waals surface area (Å²) in [5, 5.41) is 11.9. The third-order valence-corrected chi connectivity index (χ3v) is 6.57. The van der Waals surface area contributed by atoms with E-state index < -0.39 is 36.2 Å². The van der Waals surface area contributed by atoms with E-state index in [0.29, 0.717) is 26.0 Å². The van der Waals surface area contributed by atoms with Crippen molar-refractivity contribution in [3.8, 4) is 11.1 Å². The Balaban J connectivity index is 1.22. The maximum atomic E-state index is 12.7. The highest BCUT2D eigenvalue weighted by Gasteiger charge is 2.45. The largest absolute Gasteiger partial charge is 0.480 e. The fourth-order valence-corrected chi connectivity index (χ4v) is 4.84. The Hall–Kier alpha value is -3.39. The van der Waals surface area contributed by atoms with E-state index >= 15 is 0 Å². The number of fused-ring (bicyclic) bond motifs is 3. The molecule has 2 aromatic rings. The molecule has 1 aliphatic carbocycles. The van der Waals surface area contributed by atoms with Crippen molar-refractivity contribution in [3.63, 3.8) is 0 Å². The maximum absolute atomic E-state index is 12.7. The van der Waals surface area contributed by atoms with Crippen LogP contribution in [0, 0.1) is 0 Å². The van der Waals surface area contributed by atoms with Crippen molar-refractivity contribution < 1.29 is 29.0 Å². The summed E-state index contributed by atoms with van der Waals surface area (Å²) < 4.78 is 11.1. The van der Waals surface area contributed by atoms with Crippen molar-refractivity contribution in [3.05, 3.63) is 59.7 Å². The third kappa shape index (κ3) is 3.50. The summed E-state index contributed by atoms with van der Waals surface area (Å²) in [6, 6.07) is 14.8. The normalized spacial score (nSPS) is 23.8. The fraction of sp³-hybridized carbons (Fsp3) is 0.375. The molecular formula is C24H24N2O6. The number of carbonyl (C=O) groups excluding carboxylic acids is 2. The molecule has 3 aliphatic rings. The summed E-state index contributed by atoms with van der Waals surface area (Å²) in [6.45, 7) is 0.878. The van der Waals surface area contributed by atoms with E-state index in [-0.39, 0.29) is 12.5 Å². The maximum Gasteiger partial charge on any atom is 0.407 e. The molecule has 2 N–H and O–H groups in total. The molecule has 0 aromatic heterocycles. The van der Waals surface area contributed by atoms with Crippen LogP contribution < -0.4 is 5.32 Å². The number of carbonyl (C=O) groups is 3. The molecule has 3 atom stereocenters. The predicted octanol–water partition coefficient (Wildman–Crippen LogP) is 2.37. The van der Waals surface area contributed by atoms with E-state index in [1.165, 1.54) is 4.90 Å². The highest BCUT2D eigenvalue weighted by atomic mass is 16.6. The number of hydrogen-bond donors (Lipinski definition) is 2. The van der Waals surface area contributed by atoms with Gasteiger partial charge in [-0.1, -0.05) is 48.5 Å². The van der Waals surface area contributed by atoms with E-state index in [1.807, 2.05) is 36.4 Å². The van der Waals surface area contributed by atoms with Gasteiger partial charge in [0.15, 0.2) is 6.10 Å². The van der Waals surface area contributed by atoms with Gasteiger partial charge in [0, 0.05) is 19.1 Å². The van der Waals surface area contributed by atoms with Crippen molar-refractivity contribution in [2.45, 2.75) is 36.9 Å². The van der Waals surface area contributed by atoms with Gasteiger partial charge < -0.3 is 24.8 Å². The Morgan fingerprint density at radius 3 is 2.28 bits per heavy atom. The summed E-state index contributed by atoms with van der Waals surface area (Å²) in [6.07, 6.45) is -0.610. The SMILES string of the molecule is O=C(N[C@@H]1CCO[C@@H]1C(=O)N1CCC1C(=O)O)OCC1c2ccccc2-c2ccccc21. The lowest BCUT2D eigenvalue weighted by molar-refractivity contribution is -0.162. The first-order valence-electron chi connectivity index (χ1n) is 10.8. The average molecular weight is 436 g/mol. The quantitative estimate of drug-likeness (QED) is 0.746. The lowest BCUT2D eigenvalue weighted by atomic mass is 9.98. The minimum absolute atomic E-state index is 0.0529. The minimum Gasteiger partial charge on any atom is -0.480 e. The highest BCUT2D eigenvalue weighted by Crippen LogP contribution is 2.44. The fourth-order valence-electron chi connectivity index (χ4n) is 4.84. The molecule has 2 heterocycles. The molecule has 0 radical (unpaired) electrons. The van der Waals surface area contributed by atoms with Crippen molar-refractivity contribution >= 4 is 18.0 Å². The molecule has 32 heavy (non-hydrogen) atoms. The van der Waals surface area contributed by atoms with Crippen molar-refractivity contribution in [1.29, 1.82) is 0 Å². The average Bonchev–Trinajstić information content (AvgIpc) is 3.33. The van der Waals surface area contributed by atoms with Crippen LogP contribution in [0.2, 0.25) is 0 Å². The number of amides is 2. The van der Waals surface area contributed by atoms with E-state index in [4.69, 9.17) is 9.47 Å². The summed E-state index contributed by atoms with van der Waals surface area (Å²) in [7, 11) is 0. The van der Waals surface area contributed by atoms with Crippen LogP contribution in [0.3, 0.4) is 0 Å². The van der Waals surface area contributed by atoms with E-state index in [2.05, 4.69) is 17.4 Å². The number of rotatable bonds is 5. The van der Waals surface area contributed by atoms with Gasteiger partial charge in [-0.2, -0.15) is 0 Å². The Morgan fingerprint density at radius 1 is 1.03 bits per heavy atom. The van der Waals surface area contributed by atoms with E-state index in [1.54, 1.807) is 0 Å². The molecule has 8 nitrogen and oxygen atoms in total. The molecule has 8 heteroatoms. The molecule has 2 saturated heterocycles. The molecule has 0 bridgehead atoms. The van der Waals surface area contributed by atoms with Gasteiger partial charge in [-0.3, -0.25) is 4.79 Å². The zero-order valence-electron chi connectivity index (χ0n) is 17.4. The zero-order chi connectivity index (χ0) is 22.2. The Kier molecular flexibility index (Phi) is 5.30. The van der Waals surface area contributed by atoms with Gasteiger partial charge in [-0.15, -0.1) is 0 Å². The van der Waals surface area contributed by atoms with Crippen molar-refractivity contribution in [2.24, 2.45) is 0 Å². The van der Waals surface area contributed by atoms with Crippen LogP contribution >= 0.6 is 0 Å². The Labute approximate surface area is 185 Å². The van der Waals surface area contributed by atoms with Crippen LogP contribution in [0.15, 0.2) is 48.5 Å². The first-order chi connectivity index (χ1) is 15.5. The molecule has 0 spiro atoms. The first kappa shape index (κ1) is 20.5. The molecule has 2 aliphatic heterocycles. The number of nitrogens with zero attached hydrogens (tertiary/aromatic N) is 1. The van der Waals surface area contributed by atoms with Gasteiger partial charge in [0.2, 0.25) is 0 Å². The number of hydrogen-bond acceptors (Lipinski definition) is 5. The standard InChI is InChI=1S/C24H24N2O6/c27-22(26-11-9-20(26)23(28)29)21-19(10-12-31-21)25-24(30)32-13-18-16-7-3-1-5-14(16)15-6-2-4-8-17(15)18/h1-8,18-21H,9-13H2,(H,25,30)(H,28,29)/t19-,20?,21+/m1/s1. The van der Waals surface area contributed by atoms with E-state index in [0.717, 1.165) is 22.3 Å². The van der Waals surface area contributed by atoms with E-state index in [9.17, 15) is 19.5 Å². The van der Waals surface area contributed by atoms with Crippen LogP contribution in [0.1, 0.15) is 29.9 Å². The third-order valence-electron chi connectivity index (χ3n) is 6.57. The molecule has 5 rings (SSSR count). The van der Waals surface area contributed by atoms with Gasteiger partial charge in [-0.05, 0) is 35.1 Å². The number of likely N-dealkylation sites (tertiary alicyclic amines) is 1. The highest BCUT2D eigenvalue weighted by molar-refractivity contribution is 5.89. The van der Waals surface area contributed by atoms with Gasteiger partial charge in [0.1, 0.15) is 12.6 Å². The zero-order valence-corrected chi connectivity index (χ0v) is 17.4. The number of alkyl carbamates (subject to hydrolysis) is 1. The smallest absolute Gasteiger partial charge is 0.407 e. The topological polar surface area (TPSA) is 105 Å². The lowest BCUT2D eigenvalue weighted by Gasteiger charge is -2.39. The van der Waals surface area contributed by atoms with Crippen LogP contribution in [-0.2, 0) is 19.1 Å². The molecule has 2 fully saturated rings. The number of nitrogens with one attached hydrogen (secondary N) is 1. The van der Waals surface area contributed by atoms with Gasteiger partial charge in [0.25, 0.3) is 5.91 Å². The summed E-state index contributed by atoms with van der Waals surface area (Å²) in [5.41, 5.74) is 4.54. The molecule has 166 valence electrons. The molecule has 1 unspecified atom stereocenters. The van der Waals surface area contributed by atoms with Crippen LogP contribution in [0.4, 0.5) is 4.79 Å². The number of aliphatic carboxylic acids is 1. The van der Waals surface area contributed by atoms with Gasteiger partial charge >= 0.3 is 12.1 Å². The second kappa shape index (κ2) is 8.27. The number of carboxylic acid groups (broad SMARTS) is 1. The van der Waals surface area contributed by atoms with Crippen LogP contribution in [-0.4, -0.2) is 65.9 Å². The summed E-state index contributed by atoms with van der Waals surface area (Å²) >= 11 is 0. The second-order valence-electron chi connectivity index (χ2n) is 8.33.